The number of ether oxygens (including phenoxy) is 1. The number of hydrogen-bond acceptors (Lipinski definition) is 4. The molecule has 0 radical (unpaired) electrons. The quantitative estimate of drug-likeness (QED) is 0.694. The molecule has 1 atom stereocenters. The normalized spacial score (nSPS) is 17.8. The minimum atomic E-state index is -3.54. The number of para-hydroxylation sites is 1. The summed E-state index contributed by atoms with van der Waals surface area (Å²) in [7, 11) is -3.54. The molecule has 0 bridgehead atoms. The van der Waals surface area contributed by atoms with Crippen LogP contribution in [0, 0.1) is 0 Å². The van der Waals surface area contributed by atoms with Gasteiger partial charge in [-0.3, -0.25) is 4.79 Å². The lowest BCUT2D eigenvalue weighted by Gasteiger charge is -2.41. The zero-order valence-corrected chi connectivity index (χ0v) is 18.6. The van der Waals surface area contributed by atoms with Crippen LogP contribution in [0.15, 0.2) is 54.6 Å². The van der Waals surface area contributed by atoms with Gasteiger partial charge in [0.05, 0.1) is 18.8 Å². The van der Waals surface area contributed by atoms with Gasteiger partial charge in [-0.2, -0.15) is 4.31 Å². The Kier molecular flexibility index (Phi) is 6.83. The second-order valence-corrected chi connectivity index (χ2v) is 9.85. The van der Waals surface area contributed by atoms with Crippen molar-refractivity contribution in [1.29, 1.82) is 0 Å². The second kappa shape index (κ2) is 9.18. The zero-order chi connectivity index (χ0) is 21.8. The molecule has 0 aromatic heterocycles. The number of amides is 1. The number of carbonyl (C=O) groups excluding carboxylic acids is 1. The number of nitrogens with zero attached hydrogens (tertiary/aromatic N) is 1. The minimum Gasteiger partial charge on any atom is -0.487 e. The molecule has 6 nitrogen and oxygen atoms in total. The summed E-state index contributed by atoms with van der Waals surface area (Å²) in [5, 5.41) is 3.06. The largest absolute Gasteiger partial charge is 0.487 e. The Morgan fingerprint density at radius 1 is 1.10 bits per heavy atom. The average Bonchev–Trinajstić information content (AvgIpc) is 2.73. The third kappa shape index (κ3) is 5.21. The highest BCUT2D eigenvalue weighted by Crippen LogP contribution is 2.42. The molecule has 3 rings (SSSR count). The lowest BCUT2D eigenvalue weighted by Crippen LogP contribution is -2.47. The van der Waals surface area contributed by atoms with E-state index in [1.807, 2.05) is 54.6 Å². The fourth-order valence-electron chi connectivity index (χ4n) is 3.91. The molecule has 0 saturated heterocycles. The Hall–Kier alpha value is -2.38. The first kappa shape index (κ1) is 22.3. The summed E-state index contributed by atoms with van der Waals surface area (Å²) in [6.45, 7) is 4.10. The summed E-state index contributed by atoms with van der Waals surface area (Å²) in [6.07, 6.45) is 3.44. The highest BCUT2D eigenvalue weighted by molar-refractivity contribution is 7.88. The van der Waals surface area contributed by atoms with Crippen molar-refractivity contribution in [3.63, 3.8) is 0 Å². The molecular formula is C23H30N2O4S. The van der Waals surface area contributed by atoms with Gasteiger partial charge in [-0.15, -0.1) is 0 Å². The summed E-state index contributed by atoms with van der Waals surface area (Å²) < 4.78 is 32.1. The van der Waals surface area contributed by atoms with Crippen LogP contribution in [0.5, 0.6) is 5.75 Å². The van der Waals surface area contributed by atoms with Crippen molar-refractivity contribution in [2.75, 3.05) is 12.8 Å². The fraction of sp³-hybridized carbons (Fsp3) is 0.435. The number of hydrogen-bond donors (Lipinski definition) is 1. The molecular weight excluding hydrogens is 400 g/mol. The third-order valence-corrected chi connectivity index (χ3v) is 7.01. The maximum Gasteiger partial charge on any atom is 0.235 e. The Bertz CT molecular complexity index is 972. The van der Waals surface area contributed by atoms with Crippen LogP contribution >= 0.6 is 0 Å². The first-order valence-corrected chi connectivity index (χ1v) is 12.2. The first-order chi connectivity index (χ1) is 14.3. The van der Waals surface area contributed by atoms with Crippen molar-refractivity contribution in [2.45, 2.75) is 51.3 Å². The molecule has 1 amide bonds. The average molecular weight is 431 g/mol. The minimum absolute atomic E-state index is 0.158. The fourth-order valence-corrected chi connectivity index (χ4v) is 4.64. The van der Waals surface area contributed by atoms with Crippen molar-refractivity contribution >= 4 is 15.9 Å². The van der Waals surface area contributed by atoms with Gasteiger partial charge in [0.2, 0.25) is 15.9 Å². The van der Waals surface area contributed by atoms with Crippen molar-refractivity contribution in [3.05, 3.63) is 65.7 Å². The van der Waals surface area contributed by atoms with Crippen LogP contribution in [0.1, 0.15) is 50.3 Å². The molecule has 0 aliphatic carbocycles. The highest BCUT2D eigenvalue weighted by atomic mass is 32.2. The van der Waals surface area contributed by atoms with Crippen LogP contribution in [0.4, 0.5) is 0 Å². The Balaban J connectivity index is 1.78. The third-order valence-electron chi connectivity index (χ3n) is 5.81. The van der Waals surface area contributed by atoms with Crippen LogP contribution in [-0.4, -0.2) is 37.0 Å². The monoisotopic (exact) mass is 430 g/mol. The van der Waals surface area contributed by atoms with Gasteiger partial charge in [0.15, 0.2) is 0 Å². The Morgan fingerprint density at radius 3 is 2.37 bits per heavy atom. The van der Waals surface area contributed by atoms with Gasteiger partial charge >= 0.3 is 0 Å². The van der Waals surface area contributed by atoms with Crippen molar-refractivity contribution < 1.29 is 17.9 Å². The van der Waals surface area contributed by atoms with Crippen LogP contribution in [-0.2, 0) is 21.4 Å². The molecule has 0 spiro atoms. The number of sulfonamides is 1. The van der Waals surface area contributed by atoms with Gasteiger partial charge in [0, 0.05) is 18.5 Å². The molecule has 2 aromatic rings. The summed E-state index contributed by atoms with van der Waals surface area (Å²) >= 11 is 0. The topological polar surface area (TPSA) is 75.7 Å². The smallest absolute Gasteiger partial charge is 0.235 e. The first-order valence-electron chi connectivity index (χ1n) is 10.3. The van der Waals surface area contributed by atoms with E-state index in [1.54, 1.807) is 0 Å². The van der Waals surface area contributed by atoms with Gasteiger partial charge < -0.3 is 10.1 Å². The standard InChI is InChI=1S/C23H30N2O4S/c1-4-23(5-2)15-20(19-13-9-10-14-21(19)29-23)24-22(26)17-25(30(3,27)28)16-18-11-7-6-8-12-18/h6-14,20H,4-5,15-17H2,1-3H3,(H,24,26). The second-order valence-electron chi connectivity index (χ2n) is 7.87. The van der Waals surface area contributed by atoms with Gasteiger partial charge in [0.25, 0.3) is 0 Å². The number of nitrogens with one attached hydrogen (secondary N) is 1. The van der Waals surface area contributed by atoms with E-state index in [2.05, 4.69) is 19.2 Å². The molecule has 1 aliphatic heterocycles. The molecule has 1 heterocycles. The van der Waals surface area contributed by atoms with Crippen LogP contribution < -0.4 is 10.1 Å². The Morgan fingerprint density at radius 2 is 1.73 bits per heavy atom. The summed E-state index contributed by atoms with van der Waals surface area (Å²) in [4.78, 5) is 12.9. The molecule has 162 valence electrons. The van der Waals surface area contributed by atoms with Crippen molar-refractivity contribution in [3.8, 4) is 5.75 Å². The van der Waals surface area contributed by atoms with Crippen LogP contribution in [0.2, 0.25) is 0 Å². The molecule has 1 N–H and O–H groups in total. The molecule has 0 fully saturated rings. The van der Waals surface area contributed by atoms with Gasteiger partial charge in [-0.1, -0.05) is 62.4 Å². The SMILES string of the molecule is CCC1(CC)CC(NC(=O)CN(Cc2ccccc2)S(C)(=O)=O)c2ccccc2O1. The van der Waals surface area contributed by atoms with E-state index in [-0.39, 0.29) is 30.6 Å². The van der Waals surface area contributed by atoms with Crippen molar-refractivity contribution in [1.82, 2.24) is 9.62 Å². The van der Waals surface area contributed by atoms with E-state index < -0.39 is 10.0 Å². The van der Waals surface area contributed by atoms with E-state index in [0.29, 0.717) is 6.42 Å². The Labute approximate surface area is 179 Å². The molecule has 30 heavy (non-hydrogen) atoms. The molecule has 2 aromatic carbocycles. The summed E-state index contributed by atoms with van der Waals surface area (Å²) in [6, 6.07) is 16.8. The number of fused-ring (bicyclic) bond motifs is 1. The lowest BCUT2D eigenvalue weighted by atomic mass is 9.83. The maximum atomic E-state index is 12.9. The van der Waals surface area contributed by atoms with Crippen molar-refractivity contribution in [2.24, 2.45) is 0 Å². The molecule has 0 saturated carbocycles. The maximum absolute atomic E-state index is 12.9. The number of benzene rings is 2. The van der Waals surface area contributed by atoms with E-state index in [0.717, 1.165) is 36.0 Å². The van der Waals surface area contributed by atoms with Crippen LogP contribution in [0.3, 0.4) is 0 Å². The summed E-state index contributed by atoms with van der Waals surface area (Å²) in [5.41, 5.74) is 1.42. The predicted octanol–water partition coefficient (Wildman–Crippen LogP) is 3.65. The van der Waals surface area contributed by atoms with Gasteiger partial charge in [-0.05, 0) is 24.5 Å². The van der Waals surface area contributed by atoms with Gasteiger partial charge in [-0.25, -0.2) is 8.42 Å². The molecule has 1 aliphatic rings. The molecule has 1 unspecified atom stereocenters. The van der Waals surface area contributed by atoms with Gasteiger partial charge in [0.1, 0.15) is 11.4 Å². The highest BCUT2D eigenvalue weighted by Gasteiger charge is 2.39. The lowest BCUT2D eigenvalue weighted by molar-refractivity contribution is -0.122. The predicted molar refractivity (Wildman–Crippen MR) is 118 cm³/mol. The number of rotatable bonds is 8. The van der Waals surface area contributed by atoms with E-state index in [4.69, 9.17) is 4.74 Å². The zero-order valence-electron chi connectivity index (χ0n) is 17.8. The van der Waals surface area contributed by atoms with E-state index >= 15 is 0 Å². The molecule has 7 heteroatoms. The van der Waals surface area contributed by atoms with E-state index in [9.17, 15) is 13.2 Å². The van der Waals surface area contributed by atoms with Crippen LogP contribution in [0.25, 0.3) is 0 Å². The number of carbonyl (C=O) groups is 1. The summed E-state index contributed by atoms with van der Waals surface area (Å²) in [5.74, 6) is 0.459. The van der Waals surface area contributed by atoms with E-state index in [1.165, 1.54) is 4.31 Å².